The predicted octanol–water partition coefficient (Wildman–Crippen LogP) is 4.12. The molecule has 0 unspecified atom stereocenters. The second-order valence-electron chi connectivity index (χ2n) is 3.58. The summed E-state index contributed by atoms with van der Waals surface area (Å²) in [5.74, 6) is -0.226. The second kappa shape index (κ2) is 4.58. The van der Waals surface area contributed by atoms with Gasteiger partial charge in [-0.1, -0.05) is 31.0 Å². The molecule has 0 saturated carbocycles. The Labute approximate surface area is 100 Å². The maximum Gasteiger partial charge on any atom is 0.123 e. The van der Waals surface area contributed by atoms with Crippen molar-refractivity contribution in [2.24, 2.45) is 0 Å². The van der Waals surface area contributed by atoms with Gasteiger partial charge in [0.2, 0.25) is 0 Å². The summed E-state index contributed by atoms with van der Waals surface area (Å²) in [5.41, 5.74) is 2.70. The van der Waals surface area contributed by atoms with Crippen molar-refractivity contribution in [1.29, 1.82) is 0 Å². The van der Waals surface area contributed by atoms with Gasteiger partial charge in [0.05, 0.1) is 11.4 Å². The quantitative estimate of drug-likeness (QED) is 0.764. The molecule has 0 aliphatic carbocycles. The fourth-order valence-electron chi connectivity index (χ4n) is 1.56. The molecule has 0 radical (unpaired) electrons. The normalized spacial score (nSPS) is 10.2. The van der Waals surface area contributed by atoms with Crippen LogP contribution in [0.15, 0.2) is 48.5 Å². The third-order valence-corrected chi connectivity index (χ3v) is 2.83. The maximum absolute atomic E-state index is 13.0. The molecule has 82 valence electrons. The van der Waals surface area contributed by atoms with E-state index in [2.05, 4.69) is 12.8 Å². The Morgan fingerprint density at radius 3 is 2.38 bits per heavy atom. The monoisotopic (exact) mass is 233 g/mol. The minimum Gasteiger partial charge on any atom is -0.287 e. The van der Waals surface area contributed by atoms with Crippen molar-refractivity contribution >= 4 is 24.2 Å². The first-order valence-electron chi connectivity index (χ1n) is 4.98. The van der Waals surface area contributed by atoms with Crippen LogP contribution in [0.25, 0.3) is 0 Å². The van der Waals surface area contributed by atoms with Gasteiger partial charge < -0.3 is 0 Å². The Morgan fingerprint density at radius 2 is 1.75 bits per heavy atom. The predicted molar refractivity (Wildman–Crippen MR) is 68.7 cm³/mol. The molecule has 0 atom stereocenters. The first-order chi connectivity index (χ1) is 7.68. The van der Waals surface area contributed by atoms with E-state index >= 15 is 0 Å². The third kappa shape index (κ3) is 2.19. The number of anilines is 2. The van der Waals surface area contributed by atoms with Gasteiger partial charge in [-0.3, -0.25) is 4.31 Å². The number of thiol groups is 1. The molecule has 0 aromatic heterocycles. The van der Waals surface area contributed by atoms with Crippen molar-refractivity contribution < 1.29 is 4.39 Å². The number of halogens is 1. The Hall–Kier alpha value is -1.48. The molecule has 0 fully saturated rings. The van der Waals surface area contributed by atoms with Crippen molar-refractivity contribution in [2.45, 2.75) is 6.92 Å². The van der Waals surface area contributed by atoms with E-state index in [-0.39, 0.29) is 5.82 Å². The number of rotatable bonds is 2. The molecule has 0 aliphatic heterocycles. The lowest BCUT2D eigenvalue weighted by Crippen LogP contribution is -2.03. The highest BCUT2D eigenvalue weighted by molar-refractivity contribution is 7.82. The minimum atomic E-state index is -0.226. The van der Waals surface area contributed by atoms with Gasteiger partial charge >= 0.3 is 0 Å². The summed E-state index contributed by atoms with van der Waals surface area (Å²) in [6.45, 7) is 1.87. The fraction of sp³-hybridized carbons (Fsp3) is 0.0769. The highest BCUT2D eigenvalue weighted by Gasteiger charge is 2.07. The summed E-state index contributed by atoms with van der Waals surface area (Å²) in [5, 5.41) is 0. The molecule has 0 spiro atoms. The Kier molecular flexibility index (Phi) is 3.15. The molecule has 0 bridgehead atoms. The van der Waals surface area contributed by atoms with Crippen molar-refractivity contribution in [2.75, 3.05) is 4.31 Å². The topological polar surface area (TPSA) is 3.24 Å². The number of benzene rings is 2. The Morgan fingerprint density at radius 1 is 1.06 bits per heavy atom. The molecule has 2 rings (SSSR count). The largest absolute Gasteiger partial charge is 0.287 e. The van der Waals surface area contributed by atoms with Crippen LogP contribution in [0.1, 0.15) is 5.56 Å². The summed E-state index contributed by atoms with van der Waals surface area (Å²) in [4.78, 5) is 0. The van der Waals surface area contributed by atoms with E-state index < -0.39 is 0 Å². The summed E-state index contributed by atoms with van der Waals surface area (Å²) in [7, 11) is 0. The van der Waals surface area contributed by atoms with Gasteiger partial charge in [0.15, 0.2) is 0 Å². The van der Waals surface area contributed by atoms with E-state index in [9.17, 15) is 4.39 Å². The first-order valence-corrected chi connectivity index (χ1v) is 5.38. The fourth-order valence-corrected chi connectivity index (χ4v) is 1.92. The summed E-state index contributed by atoms with van der Waals surface area (Å²) < 4.78 is 14.7. The van der Waals surface area contributed by atoms with Gasteiger partial charge in [-0.2, -0.15) is 0 Å². The molecule has 0 saturated heterocycles. The van der Waals surface area contributed by atoms with Crippen LogP contribution in [0.3, 0.4) is 0 Å². The SMILES string of the molecule is Cc1cc(F)ccc1N(S)c1ccccc1. The van der Waals surface area contributed by atoms with Gasteiger partial charge in [-0.05, 0) is 42.8 Å². The zero-order chi connectivity index (χ0) is 11.5. The molecule has 16 heavy (non-hydrogen) atoms. The third-order valence-electron chi connectivity index (χ3n) is 2.39. The van der Waals surface area contributed by atoms with Crippen LogP contribution >= 0.6 is 12.8 Å². The van der Waals surface area contributed by atoms with Gasteiger partial charge in [-0.25, -0.2) is 4.39 Å². The van der Waals surface area contributed by atoms with Gasteiger partial charge in [0, 0.05) is 0 Å². The van der Waals surface area contributed by atoms with Crippen molar-refractivity contribution in [3.63, 3.8) is 0 Å². The molecule has 2 aromatic carbocycles. The van der Waals surface area contributed by atoms with Crippen molar-refractivity contribution in [3.8, 4) is 0 Å². The highest BCUT2D eigenvalue weighted by Crippen LogP contribution is 2.29. The van der Waals surface area contributed by atoms with Crippen LogP contribution in [0.4, 0.5) is 15.8 Å². The number of hydrogen-bond acceptors (Lipinski definition) is 2. The van der Waals surface area contributed by atoms with Crippen LogP contribution < -0.4 is 4.31 Å². The molecule has 0 aliphatic rings. The molecule has 2 aromatic rings. The number of aryl methyl sites for hydroxylation is 1. The zero-order valence-electron chi connectivity index (χ0n) is 8.89. The molecular weight excluding hydrogens is 221 g/mol. The molecule has 0 N–H and O–H groups in total. The van der Waals surface area contributed by atoms with E-state index in [0.717, 1.165) is 16.9 Å². The zero-order valence-corrected chi connectivity index (χ0v) is 9.79. The lowest BCUT2D eigenvalue weighted by Gasteiger charge is -2.19. The number of nitrogens with zero attached hydrogens (tertiary/aromatic N) is 1. The molecule has 1 nitrogen and oxygen atoms in total. The van der Waals surface area contributed by atoms with E-state index in [4.69, 9.17) is 0 Å². The van der Waals surface area contributed by atoms with Crippen LogP contribution in [0.2, 0.25) is 0 Å². The first kappa shape index (κ1) is 11.0. The molecule has 3 heteroatoms. The average molecular weight is 233 g/mol. The second-order valence-corrected chi connectivity index (χ2v) is 3.98. The van der Waals surface area contributed by atoms with Crippen LogP contribution in [-0.4, -0.2) is 0 Å². The van der Waals surface area contributed by atoms with Crippen LogP contribution in [-0.2, 0) is 0 Å². The number of hydrogen-bond donors (Lipinski definition) is 1. The van der Waals surface area contributed by atoms with Crippen molar-refractivity contribution in [1.82, 2.24) is 0 Å². The van der Waals surface area contributed by atoms with E-state index in [1.165, 1.54) is 12.1 Å². The van der Waals surface area contributed by atoms with E-state index in [1.807, 2.05) is 37.3 Å². The van der Waals surface area contributed by atoms with E-state index in [0.29, 0.717) is 0 Å². The average Bonchev–Trinajstić information content (AvgIpc) is 2.29. The van der Waals surface area contributed by atoms with Gasteiger partial charge in [-0.15, -0.1) is 0 Å². The maximum atomic E-state index is 13.0. The van der Waals surface area contributed by atoms with Crippen LogP contribution in [0, 0.1) is 12.7 Å². The standard InChI is InChI=1S/C13H12FNS/c1-10-9-11(14)7-8-13(10)15(16)12-5-3-2-4-6-12/h2-9,16H,1H3. The van der Waals surface area contributed by atoms with Crippen molar-refractivity contribution in [3.05, 3.63) is 59.9 Å². The van der Waals surface area contributed by atoms with E-state index in [1.54, 1.807) is 10.4 Å². The lowest BCUT2D eigenvalue weighted by atomic mass is 10.2. The Balaban J connectivity index is 2.38. The molecule has 0 amide bonds. The minimum absolute atomic E-state index is 0.226. The lowest BCUT2D eigenvalue weighted by molar-refractivity contribution is 0.627. The smallest absolute Gasteiger partial charge is 0.123 e. The Bertz CT molecular complexity index is 485. The van der Waals surface area contributed by atoms with Gasteiger partial charge in [0.25, 0.3) is 0 Å². The summed E-state index contributed by atoms with van der Waals surface area (Å²) >= 11 is 4.42. The summed E-state index contributed by atoms with van der Waals surface area (Å²) in [6.07, 6.45) is 0. The highest BCUT2D eigenvalue weighted by atomic mass is 32.1. The molecular formula is C13H12FNS. The van der Waals surface area contributed by atoms with Crippen LogP contribution in [0.5, 0.6) is 0 Å². The summed E-state index contributed by atoms with van der Waals surface area (Å²) in [6, 6.07) is 14.4. The molecule has 0 heterocycles. The van der Waals surface area contributed by atoms with Gasteiger partial charge in [0.1, 0.15) is 5.82 Å². The number of para-hydroxylation sites is 1.